The van der Waals surface area contributed by atoms with Gasteiger partial charge in [-0.2, -0.15) is 0 Å². The molecule has 0 aliphatic carbocycles. The fourth-order valence-corrected chi connectivity index (χ4v) is 2.43. The number of rotatable bonds is 5. The van der Waals surface area contributed by atoms with E-state index in [1.165, 1.54) is 28.9 Å². The lowest BCUT2D eigenvalue weighted by molar-refractivity contribution is 0.0516. The van der Waals surface area contributed by atoms with Gasteiger partial charge in [-0.05, 0) is 37.3 Å². The summed E-state index contributed by atoms with van der Waals surface area (Å²) in [5.41, 5.74) is 1.16. The first-order chi connectivity index (χ1) is 12.0. The molecule has 0 bridgehead atoms. The van der Waals surface area contributed by atoms with E-state index >= 15 is 0 Å². The van der Waals surface area contributed by atoms with E-state index in [0.29, 0.717) is 17.0 Å². The molecular formula is C17H17FN4O3. The number of nitrogens with zero attached hydrogens (tertiary/aromatic N) is 4. The molecule has 1 N–H and O–H groups in total. The third-order valence-electron chi connectivity index (χ3n) is 3.67. The number of halogens is 1. The number of aromatic hydroxyl groups is 1. The van der Waals surface area contributed by atoms with Gasteiger partial charge in [0.1, 0.15) is 17.4 Å². The Hall–Kier alpha value is -3.16. The van der Waals surface area contributed by atoms with E-state index in [1.54, 1.807) is 31.0 Å². The Labute approximate surface area is 143 Å². The average molecular weight is 344 g/mol. The second-order valence-corrected chi connectivity index (χ2v) is 5.45. The third-order valence-corrected chi connectivity index (χ3v) is 3.67. The lowest BCUT2D eigenvalue weighted by Gasteiger charge is -2.19. The highest BCUT2D eigenvalue weighted by molar-refractivity contribution is 5.88. The van der Waals surface area contributed by atoms with Crippen molar-refractivity contribution in [2.45, 2.75) is 13.5 Å². The van der Waals surface area contributed by atoms with Gasteiger partial charge < -0.3 is 14.7 Å². The van der Waals surface area contributed by atoms with Crippen molar-refractivity contribution in [2.75, 3.05) is 18.6 Å². The van der Waals surface area contributed by atoms with Crippen molar-refractivity contribution in [3.8, 4) is 5.75 Å². The van der Waals surface area contributed by atoms with Crippen LogP contribution in [0.5, 0.6) is 5.75 Å². The van der Waals surface area contributed by atoms with Crippen LogP contribution in [0.4, 0.5) is 10.2 Å². The van der Waals surface area contributed by atoms with E-state index in [1.807, 2.05) is 0 Å². The first-order valence-electron chi connectivity index (χ1n) is 7.70. The van der Waals surface area contributed by atoms with Crippen LogP contribution >= 0.6 is 0 Å². The van der Waals surface area contributed by atoms with E-state index < -0.39 is 11.8 Å². The number of benzene rings is 1. The van der Waals surface area contributed by atoms with E-state index in [4.69, 9.17) is 4.74 Å². The summed E-state index contributed by atoms with van der Waals surface area (Å²) in [5, 5.41) is 14.2. The van der Waals surface area contributed by atoms with Gasteiger partial charge in [0.05, 0.1) is 12.8 Å². The first-order valence-corrected chi connectivity index (χ1v) is 7.70. The lowest BCUT2D eigenvalue weighted by atomic mass is 10.2. The summed E-state index contributed by atoms with van der Waals surface area (Å²) in [7, 11) is 1.75. The van der Waals surface area contributed by atoms with Crippen LogP contribution in [0.25, 0.3) is 5.65 Å². The van der Waals surface area contributed by atoms with Crippen LogP contribution in [0, 0.1) is 5.82 Å². The molecule has 0 aliphatic heterocycles. The van der Waals surface area contributed by atoms with Crippen LogP contribution < -0.4 is 4.90 Å². The molecule has 0 fully saturated rings. The quantitative estimate of drug-likeness (QED) is 0.716. The Morgan fingerprint density at radius 3 is 2.92 bits per heavy atom. The number of aromatic nitrogens is 3. The van der Waals surface area contributed by atoms with E-state index in [2.05, 4.69) is 10.1 Å². The molecule has 3 rings (SSSR count). The first kappa shape index (κ1) is 16.7. The molecule has 25 heavy (non-hydrogen) atoms. The largest absolute Gasteiger partial charge is 0.508 e. The Balaban J connectivity index is 1.91. The molecule has 0 atom stereocenters. The molecule has 0 aliphatic rings. The number of phenolic OH excluding ortho intramolecular Hbond substituents is 1. The van der Waals surface area contributed by atoms with Gasteiger partial charge in [-0.3, -0.25) is 0 Å². The van der Waals surface area contributed by atoms with Crippen LogP contribution in [0.2, 0.25) is 0 Å². The molecule has 0 saturated carbocycles. The number of carbonyl (C=O) groups is 1. The summed E-state index contributed by atoms with van der Waals surface area (Å²) in [4.78, 5) is 17.8. The van der Waals surface area contributed by atoms with E-state index in [-0.39, 0.29) is 24.6 Å². The predicted octanol–water partition coefficient (Wildman–Crippen LogP) is 2.39. The SMILES string of the molecule is CCOC(=O)c1cnc2ccc(N(C)Cc3cc(F)ccc3O)nn12. The second-order valence-electron chi connectivity index (χ2n) is 5.45. The Kier molecular flexibility index (Phi) is 4.51. The Morgan fingerprint density at radius 2 is 2.16 bits per heavy atom. The highest BCUT2D eigenvalue weighted by atomic mass is 19.1. The molecular weight excluding hydrogens is 327 g/mol. The number of phenols is 1. The molecule has 2 aromatic heterocycles. The summed E-state index contributed by atoms with van der Waals surface area (Å²) in [6.45, 7) is 2.22. The molecule has 130 valence electrons. The smallest absolute Gasteiger partial charge is 0.358 e. The van der Waals surface area contributed by atoms with Crippen LogP contribution in [-0.4, -0.2) is 39.3 Å². The van der Waals surface area contributed by atoms with Crippen molar-refractivity contribution < 1.29 is 19.0 Å². The third kappa shape index (κ3) is 3.37. The molecule has 0 spiro atoms. The number of esters is 1. The minimum Gasteiger partial charge on any atom is -0.508 e. The van der Waals surface area contributed by atoms with Gasteiger partial charge in [-0.1, -0.05) is 0 Å². The number of hydrogen-bond acceptors (Lipinski definition) is 6. The molecule has 7 nitrogen and oxygen atoms in total. The van der Waals surface area contributed by atoms with Crippen LogP contribution in [0.15, 0.2) is 36.5 Å². The Bertz CT molecular complexity index is 925. The van der Waals surface area contributed by atoms with Crippen LogP contribution in [0.1, 0.15) is 23.0 Å². The van der Waals surface area contributed by atoms with Crippen molar-refractivity contribution in [3.63, 3.8) is 0 Å². The predicted molar refractivity (Wildman–Crippen MR) is 89.1 cm³/mol. The maximum Gasteiger partial charge on any atom is 0.358 e. The lowest BCUT2D eigenvalue weighted by Crippen LogP contribution is -2.19. The summed E-state index contributed by atoms with van der Waals surface area (Å²) in [5.74, 6) is -0.405. The molecule has 3 aromatic rings. The van der Waals surface area contributed by atoms with Gasteiger partial charge in [0.25, 0.3) is 0 Å². The fourth-order valence-electron chi connectivity index (χ4n) is 2.43. The zero-order chi connectivity index (χ0) is 18.0. The van der Waals surface area contributed by atoms with Crippen molar-refractivity contribution in [1.29, 1.82) is 0 Å². The summed E-state index contributed by atoms with van der Waals surface area (Å²) in [6, 6.07) is 7.22. The van der Waals surface area contributed by atoms with Gasteiger partial charge in [-0.15, -0.1) is 5.10 Å². The van der Waals surface area contributed by atoms with Crippen LogP contribution in [-0.2, 0) is 11.3 Å². The number of hydrogen-bond donors (Lipinski definition) is 1. The number of carbonyl (C=O) groups excluding carboxylic acids is 1. The maximum atomic E-state index is 13.4. The molecule has 1 aromatic carbocycles. The number of fused-ring (bicyclic) bond motifs is 1. The summed E-state index contributed by atoms with van der Waals surface area (Å²) in [6.07, 6.45) is 1.41. The molecule has 0 unspecified atom stereocenters. The molecule has 0 radical (unpaired) electrons. The highest BCUT2D eigenvalue weighted by Crippen LogP contribution is 2.22. The van der Waals surface area contributed by atoms with Gasteiger partial charge >= 0.3 is 5.97 Å². The van der Waals surface area contributed by atoms with Crippen LogP contribution in [0.3, 0.4) is 0 Å². The van der Waals surface area contributed by atoms with Gasteiger partial charge in [-0.25, -0.2) is 18.7 Å². The molecule has 2 heterocycles. The average Bonchev–Trinajstić information content (AvgIpc) is 3.01. The van der Waals surface area contributed by atoms with Crippen molar-refractivity contribution >= 4 is 17.4 Å². The van der Waals surface area contributed by atoms with Crippen molar-refractivity contribution in [3.05, 3.63) is 53.6 Å². The van der Waals surface area contributed by atoms with E-state index in [9.17, 15) is 14.3 Å². The molecule has 0 saturated heterocycles. The van der Waals surface area contributed by atoms with Crippen molar-refractivity contribution in [2.24, 2.45) is 0 Å². The molecule has 0 amide bonds. The van der Waals surface area contributed by atoms with Crippen molar-refractivity contribution in [1.82, 2.24) is 14.6 Å². The zero-order valence-electron chi connectivity index (χ0n) is 13.8. The second kappa shape index (κ2) is 6.76. The number of ether oxygens (including phenoxy) is 1. The Morgan fingerprint density at radius 1 is 1.36 bits per heavy atom. The zero-order valence-corrected chi connectivity index (χ0v) is 13.8. The normalized spacial score (nSPS) is 10.8. The minimum absolute atomic E-state index is 0.00386. The highest BCUT2D eigenvalue weighted by Gasteiger charge is 2.16. The summed E-state index contributed by atoms with van der Waals surface area (Å²) >= 11 is 0. The maximum absolute atomic E-state index is 13.4. The number of imidazole rings is 1. The minimum atomic E-state index is -0.509. The van der Waals surface area contributed by atoms with Gasteiger partial charge in [0.15, 0.2) is 11.3 Å². The summed E-state index contributed by atoms with van der Waals surface area (Å²) < 4.78 is 19.8. The number of anilines is 1. The van der Waals surface area contributed by atoms with Gasteiger partial charge in [0, 0.05) is 19.2 Å². The monoisotopic (exact) mass is 344 g/mol. The topological polar surface area (TPSA) is 80.0 Å². The standard InChI is InChI=1S/C17H17FN4O3/c1-3-25-17(24)13-9-19-15-6-7-16(20-22(13)15)21(2)10-11-8-12(18)4-5-14(11)23/h4-9,23H,3,10H2,1-2H3. The fraction of sp³-hybridized carbons (Fsp3) is 0.235. The van der Waals surface area contributed by atoms with Gasteiger partial charge in [0.2, 0.25) is 0 Å². The van der Waals surface area contributed by atoms with E-state index in [0.717, 1.165) is 0 Å². The molecule has 8 heteroatoms.